The average Bonchev–Trinajstić information content (AvgIpc) is 2.70. The number of nitrogens with zero attached hydrogens (tertiary/aromatic N) is 1. The van der Waals surface area contributed by atoms with Crippen LogP contribution in [0.2, 0.25) is 0 Å². The van der Waals surface area contributed by atoms with Crippen molar-refractivity contribution in [1.29, 1.82) is 0 Å². The van der Waals surface area contributed by atoms with Crippen molar-refractivity contribution in [3.8, 4) is 17.2 Å². The van der Waals surface area contributed by atoms with E-state index in [1.807, 2.05) is 14.1 Å². The van der Waals surface area contributed by atoms with Gasteiger partial charge in [0.2, 0.25) is 0 Å². The molecule has 1 unspecified atom stereocenters. The summed E-state index contributed by atoms with van der Waals surface area (Å²) in [5, 5.41) is 3.73. The molecule has 0 bridgehead atoms. The molecule has 0 aromatic heterocycles. The summed E-state index contributed by atoms with van der Waals surface area (Å²) in [5.41, 5.74) is 7.62. The second-order valence-corrected chi connectivity index (χ2v) is 8.05. The molecule has 0 amide bonds. The maximum Gasteiger partial charge on any atom is 0.161 e. The number of fused-ring (bicyclic) bond motifs is 1. The van der Waals surface area contributed by atoms with E-state index < -0.39 is 0 Å². The molecule has 158 valence electrons. The van der Waals surface area contributed by atoms with Crippen molar-refractivity contribution in [1.82, 2.24) is 10.2 Å². The molecule has 1 N–H and O–H groups in total. The maximum atomic E-state index is 6.10. The van der Waals surface area contributed by atoms with Gasteiger partial charge in [-0.1, -0.05) is 0 Å². The van der Waals surface area contributed by atoms with Gasteiger partial charge in [0.15, 0.2) is 11.5 Å². The summed E-state index contributed by atoms with van der Waals surface area (Å²) in [6, 6.07) is 6.59. The molecule has 0 spiro atoms. The second-order valence-electron chi connectivity index (χ2n) is 8.05. The van der Waals surface area contributed by atoms with Crippen molar-refractivity contribution in [2.45, 2.75) is 33.2 Å². The Hall–Kier alpha value is -2.24. The molecule has 1 heterocycles. The maximum absolute atomic E-state index is 6.10. The zero-order chi connectivity index (χ0) is 21.1. The largest absolute Gasteiger partial charge is 0.496 e. The minimum atomic E-state index is 0.130. The summed E-state index contributed by atoms with van der Waals surface area (Å²) in [6.45, 7) is 8.90. The molecule has 1 atom stereocenters. The average molecular weight is 399 g/mol. The molecular formula is C24H34N2O3. The van der Waals surface area contributed by atoms with Gasteiger partial charge in [-0.05, 0) is 92.9 Å². The Morgan fingerprint density at radius 2 is 1.69 bits per heavy atom. The Bertz CT molecular complexity index is 877. The standard InChI is InChI=1S/C24H34N2O3/c1-15-12-20(27-6)16(2)17(3)23(15)24-19-14-22(29-11-10-26(4)5)21(28-7)13-18(19)8-9-25-24/h12-14,24-25H,8-11H2,1-7H3. The van der Waals surface area contributed by atoms with Gasteiger partial charge in [0.25, 0.3) is 0 Å². The zero-order valence-corrected chi connectivity index (χ0v) is 18.8. The van der Waals surface area contributed by atoms with E-state index in [2.05, 4.69) is 49.2 Å². The molecule has 1 aliphatic rings. The first-order valence-electron chi connectivity index (χ1n) is 10.2. The molecule has 2 aromatic carbocycles. The van der Waals surface area contributed by atoms with E-state index in [4.69, 9.17) is 14.2 Å². The predicted molar refractivity (Wildman–Crippen MR) is 118 cm³/mol. The highest BCUT2D eigenvalue weighted by atomic mass is 16.5. The van der Waals surface area contributed by atoms with Crippen LogP contribution in [-0.4, -0.2) is 52.9 Å². The molecule has 0 fully saturated rings. The van der Waals surface area contributed by atoms with Crippen LogP contribution in [0.3, 0.4) is 0 Å². The number of benzene rings is 2. The normalized spacial score (nSPS) is 15.9. The Morgan fingerprint density at radius 1 is 0.966 bits per heavy atom. The summed E-state index contributed by atoms with van der Waals surface area (Å²) in [4.78, 5) is 2.11. The third-order valence-electron chi connectivity index (χ3n) is 5.89. The quantitative estimate of drug-likeness (QED) is 0.768. The van der Waals surface area contributed by atoms with Gasteiger partial charge < -0.3 is 24.4 Å². The third kappa shape index (κ3) is 4.36. The summed E-state index contributed by atoms with van der Waals surface area (Å²) >= 11 is 0. The molecule has 1 aliphatic heterocycles. The van der Waals surface area contributed by atoms with Crippen LogP contribution in [0.4, 0.5) is 0 Å². The Labute approximate surface area is 175 Å². The summed E-state index contributed by atoms with van der Waals surface area (Å²) < 4.78 is 17.3. The lowest BCUT2D eigenvalue weighted by Gasteiger charge is -2.31. The third-order valence-corrected chi connectivity index (χ3v) is 5.89. The summed E-state index contributed by atoms with van der Waals surface area (Å²) in [5.74, 6) is 2.56. The van der Waals surface area contributed by atoms with E-state index in [9.17, 15) is 0 Å². The van der Waals surface area contributed by atoms with Crippen LogP contribution in [0.5, 0.6) is 17.2 Å². The smallest absolute Gasteiger partial charge is 0.161 e. The van der Waals surface area contributed by atoms with Gasteiger partial charge in [0, 0.05) is 13.1 Å². The van der Waals surface area contributed by atoms with Crippen LogP contribution in [-0.2, 0) is 6.42 Å². The predicted octanol–water partition coefficient (Wildman–Crippen LogP) is 3.80. The lowest BCUT2D eigenvalue weighted by molar-refractivity contribution is 0.250. The molecule has 2 aromatic rings. The SMILES string of the molecule is COc1cc2c(cc1OCCN(C)C)C(c1c(C)cc(OC)c(C)c1C)NCC2. The zero-order valence-electron chi connectivity index (χ0n) is 18.8. The van der Waals surface area contributed by atoms with Crippen molar-refractivity contribution >= 4 is 0 Å². The number of aryl methyl sites for hydroxylation is 1. The van der Waals surface area contributed by atoms with E-state index in [0.29, 0.717) is 6.61 Å². The van der Waals surface area contributed by atoms with Crippen LogP contribution in [0.1, 0.15) is 39.4 Å². The molecule has 3 rings (SSSR count). The first kappa shape index (κ1) is 21.5. The van der Waals surface area contributed by atoms with Crippen LogP contribution < -0.4 is 19.5 Å². The highest BCUT2D eigenvalue weighted by Crippen LogP contribution is 2.41. The van der Waals surface area contributed by atoms with Gasteiger partial charge in [-0.3, -0.25) is 0 Å². The van der Waals surface area contributed by atoms with Gasteiger partial charge in [0.05, 0.1) is 20.3 Å². The number of hydrogen-bond donors (Lipinski definition) is 1. The first-order chi connectivity index (χ1) is 13.9. The number of nitrogens with one attached hydrogen (secondary N) is 1. The fourth-order valence-corrected chi connectivity index (χ4v) is 4.15. The molecule has 5 nitrogen and oxygen atoms in total. The Morgan fingerprint density at radius 3 is 2.34 bits per heavy atom. The van der Waals surface area contributed by atoms with Crippen molar-refractivity contribution < 1.29 is 14.2 Å². The van der Waals surface area contributed by atoms with E-state index in [-0.39, 0.29) is 6.04 Å². The number of ether oxygens (including phenoxy) is 3. The molecule has 0 radical (unpaired) electrons. The van der Waals surface area contributed by atoms with Crippen molar-refractivity contribution in [3.05, 3.63) is 51.6 Å². The number of likely N-dealkylation sites (N-methyl/N-ethyl adjacent to an activating group) is 1. The van der Waals surface area contributed by atoms with Gasteiger partial charge in [-0.15, -0.1) is 0 Å². The van der Waals surface area contributed by atoms with Gasteiger partial charge in [-0.2, -0.15) is 0 Å². The topological polar surface area (TPSA) is 43.0 Å². The molecule has 0 saturated heterocycles. The summed E-state index contributed by atoms with van der Waals surface area (Å²) in [6.07, 6.45) is 0.980. The Kier molecular flexibility index (Phi) is 6.70. The second kappa shape index (κ2) is 9.06. The van der Waals surface area contributed by atoms with Crippen LogP contribution >= 0.6 is 0 Å². The number of hydrogen-bond acceptors (Lipinski definition) is 5. The van der Waals surface area contributed by atoms with E-state index in [1.54, 1.807) is 14.2 Å². The van der Waals surface area contributed by atoms with Crippen molar-refractivity contribution in [2.75, 3.05) is 48.0 Å². The number of rotatable bonds is 7. The molecular weight excluding hydrogens is 364 g/mol. The van der Waals surface area contributed by atoms with Gasteiger partial charge in [0.1, 0.15) is 12.4 Å². The van der Waals surface area contributed by atoms with Gasteiger partial charge in [-0.25, -0.2) is 0 Å². The Balaban J connectivity index is 2.05. The van der Waals surface area contributed by atoms with Crippen molar-refractivity contribution in [2.24, 2.45) is 0 Å². The molecule has 5 heteroatoms. The molecule has 29 heavy (non-hydrogen) atoms. The lowest BCUT2D eigenvalue weighted by atomic mass is 9.84. The van der Waals surface area contributed by atoms with Gasteiger partial charge >= 0.3 is 0 Å². The van der Waals surface area contributed by atoms with Crippen LogP contribution in [0.25, 0.3) is 0 Å². The fourth-order valence-electron chi connectivity index (χ4n) is 4.15. The van der Waals surface area contributed by atoms with E-state index in [1.165, 1.54) is 33.4 Å². The molecule has 0 saturated carbocycles. The minimum absolute atomic E-state index is 0.130. The van der Waals surface area contributed by atoms with E-state index in [0.717, 1.165) is 36.8 Å². The van der Waals surface area contributed by atoms with E-state index >= 15 is 0 Å². The van der Waals surface area contributed by atoms with Crippen LogP contribution in [0.15, 0.2) is 18.2 Å². The van der Waals surface area contributed by atoms with Crippen molar-refractivity contribution in [3.63, 3.8) is 0 Å². The molecule has 0 aliphatic carbocycles. The van der Waals surface area contributed by atoms with Crippen LogP contribution in [0, 0.1) is 20.8 Å². The first-order valence-corrected chi connectivity index (χ1v) is 10.2. The highest BCUT2D eigenvalue weighted by Gasteiger charge is 2.27. The monoisotopic (exact) mass is 398 g/mol. The highest BCUT2D eigenvalue weighted by molar-refractivity contribution is 5.56. The number of methoxy groups -OCH3 is 2. The summed E-state index contributed by atoms with van der Waals surface area (Å²) in [7, 11) is 7.54. The fraction of sp³-hybridized carbons (Fsp3) is 0.500. The lowest BCUT2D eigenvalue weighted by Crippen LogP contribution is -2.32. The minimum Gasteiger partial charge on any atom is -0.496 e.